The summed E-state index contributed by atoms with van der Waals surface area (Å²) in [6.07, 6.45) is 0. The van der Waals surface area contributed by atoms with Crippen LogP contribution in [0.4, 0.5) is 10.5 Å². The summed E-state index contributed by atoms with van der Waals surface area (Å²) in [5.41, 5.74) is 7.04. The van der Waals surface area contributed by atoms with E-state index in [9.17, 15) is 4.79 Å². The van der Waals surface area contributed by atoms with E-state index in [4.69, 9.17) is 34.3 Å². The number of aryl methyl sites for hydroxylation is 1. The Balaban J connectivity index is 3.03. The molecule has 0 spiro atoms. The zero-order valence-corrected chi connectivity index (χ0v) is 10.8. The molecule has 17 heavy (non-hydrogen) atoms. The highest BCUT2D eigenvalue weighted by Crippen LogP contribution is 2.33. The van der Waals surface area contributed by atoms with Crippen LogP contribution in [0.15, 0.2) is 6.07 Å². The summed E-state index contributed by atoms with van der Waals surface area (Å²) in [5, 5.41) is 13.2. The van der Waals surface area contributed by atoms with Crippen LogP contribution in [-0.4, -0.2) is 12.0 Å². The maximum atomic E-state index is 10.6. The number of nitrogens with two attached hydrogens (primary N) is 1. The number of halogens is 2. The van der Waals surface area contributed by atoms with Crippen LogP contribution < -0.4 is 16.4 Å². The lowest BCUT2D eigenvalue weighted by Crippen LogP contribution is -2.38. The molecule has 1 aromatic carbocycles. The van der Waals surface area contributed by atoms with E-state index < -0.39 is 6.03 Å². The molecule has 1 aromatic rings. The second-order valence-electron chi connectivity index (χ2n) is 3.48. The Hall–Kier alpha value is -1.46. The van der Waals surface area contributed by atoms with Gasteiger partial charge in [0.15, 0.2) is 0 Å². The topological polar surface area (TPSA) is 91.0 Å². The smallest absolute Gasteiger partial charge is 0.318 e. The number of guanidine groups is 1. The molecule has 0 bridgehead atoms. The summed E-state index contributed by atoms with van der Waals surface area (Å²) >= 11 is 11.9. The van der Waals surface area contributed by atoms with Crippen LogP contribution in [0, 0.1) is 19.3 Å². The Kier molecular flexibility index (Phi) is 4.20. The quantitative estimate of drug-likeness (QED) is 0.468. The lowest BCUT2D eigenvalue weighted by molar-refractivity contribution is 0.253. The molecule has 0 aromatic heterocycles. The van der Waals surface area contributed by atoms with Crippen LogP contribution in [0.1, 0.15) is 11.1 Å². The molecule has 7 heteroatoms. The summed E-state index contributed by atoms with van der Waals surface area (Å²) < 4.78 is 0. The van der Waals surface area contributed by atoms with Gasteiger partial charge in [0.1, 0.15) is 0 Å². The number of primary amides is 1. The fraction of sp³-hybridized carbons (Fsp3) is 0.200. The van der Waals surface area contributed by atoms with Gasteiger partial charge >= 0.3 is 6.03 Å². The molecule has 0 fully saturated rings. The monoisotopic (exact) mass is 274 g/mol. The van der Waals surface area contributed by atoms with E-state index in [0.29, 0.717) is 21.3 Å². The number of carbonyl (C=O) groups is 1. The summed E-state index contributed by atoms with van der Waals surface area (Å²) in [6.45, 7) is 3.58. The minimum atomic E-state index is -0.808. The molecule has 0 unspecified atom stereocenters. The molecule has 0 aliphatic rings. The number of nitrogens with one attached hydrogen (secondary N) is 3. The number of rotatable bonds is 1. The van der Waals surface area contributed by atoms with Crippen molar-refractivity contribution in [3.63, 3.8) is 0 Å². The Morgan fingerprint density at radius 3 is 2.53 bits per heavy atom. The van der Waals surface area contributed by atoms with Gasteiger partial charge in [-0.3, -0.25) is 10.7 Å². The van der Waals surface area contributed by atoms with E-state index in [2.05, 4.69) is 10.6 Å². The Bertz CT molecular complexity index is 488. The van der Waals surface area contributed by atoms with Crippen molar-refractivity contribution in [3.8, 4) is 0 Å². The van der Waals surface area contributed by atoms with E-state index in [-0.39, 0.29) is 5.96 Å². The first-order valence-electron chi connectivity index (χ1n) is 4.70. The SMILES string of the molecule is Cc1cc(Cl)c(Cl)c(C)c1NC(=N)NC(N)=O. The van der Waals surface area contributed by atoms with Gasteiger partial charge in [0.25, 0.3) is 0 Å². The van der Waals surface area contributed by atoms with E-state index in [1.807, 2.05) is 6.92 Å². The number of benzene rings is 1. The molecular formula is C10H12Cl2N4O. The van der Waals surface area contributed by atoms with Gasteiger partial charge in [-0.2, -0.15) is 0 Å². The van der Waals surface area contributed by atoms with Gasteiger partial charge in [-0.1, -0.05) is 23.2 Å². The van der Waals surface area contributed by atoms with Crippen LogP contribution in [0.2, 0.25) is 10.0 Å². The van der Waals surface area contributed by atoms with Gasteiger partial charge in [0.05, 0.1) is 10.0 Å². The summed E-state index contributed by atoms with van der Waals surface area (Å²) in [5.74, 6) is -0.220. The zero-order chi connectivity index (χ0) is 13.2. The van der Waals surface area contributed by atoms with Crippen molar-refractivity contribution in [2.75, 3.05) is 5.32 Å². The standard InChI is InChI=1S/C10H12Cl2N4O/c1-4-3-6(11)7(12)5(2)8(4)15-9(13)16-10(14)17/h3H,1-2H3,(H5,13,14,15,16,17). The first kappa shape index (κ1) is 13.6. The number of urea groups is 1. The Labute approximate surface area is 109 Å². The molecule has 2 amide bonds. The van der Waals surface area contributed by atoms with Crippen LogP contribution in [0.3, 0.4) is 0 Å². The fourth-order valence-corrected chi connectivity index (χ4v) is 1.84. The summed E-state index contributed by atoms with van der Waals surface area (Å²) in [6, 6.07) is 0.870. The second-order valence-corrected chi connectivity index (χ2v) is 4.26. The normalized spacial score (nSPS) is 9.88. The minimum absolute atomic E-state index is 0.220. The first-order chi connectivity index (χ1) is 7.82. The van der Waals surface area contributed by atoms with Gasteiger partial charge < -0.3 is 11.1 Å². The van der Waals surface area contributed by atoms with Gasteiger partial charge in [0.2, 0.25) is 5.96 Å². The molecule has 0 aliphatic heterocycles. The molecule has 0 atom stereocenters. The molecular weight excluding hydrogens is 263 g/mol. The lowest BCUT2D eigenvalue weighted by atomic mass is 10.1. The van der Waals surface area contributed by atoms with E-state index >= 15 is 0 Å². The summed E-state index contributed by atoms with van der Waals surface area (Å²) in [7, 11) is 0. The van der Waals surface area contributed by atoms with Crippen molar-refractivity contribution in [3.05, 3.63) is 27.2 Å². The third-order valence-electron chi connectivity index (χ3n) is 2.15. The number of amides is 2. The number of anilines is 1. The highest BCUT2D eigenvalue weighted by atomic mass is 35.5. The third-order valence-corrected chi connectivity index (χ3v) is 3.03. The van der Waals surface area contributed by atoms with Crippen LogP contribution >= 0.6 is 23.2 Å². The molecule has 5 N–H and O–H groups in total. The van der Waals surface area contributed by atoms with Crippen molar-refractivity contribution < 1.29 is 4.79 Å². The van der Waals surface area contributed by atoms with Gasteiger partial charge in [0, 0.05) is 5.69 Å². The predicted molar refractivity (Wildman–Crippen MR) is 70.0 cm³/mol. The Morgan fingerprint density at radius 2 is 2.00 bits per heavy atom. The van der Waals surface area contributed by atoms with E-state index in [1.54, 1.807) is 13.0 Å². The highest BCUT2D eigenvalue weighted by molar-refractivity contribution is 6.42. The minimum Gasteiger partial charge on any atom is -0.351 e. The third kappa shape index (κ3) is 3.25. The molecule has 92 valence electrons. The van der Waals surface area contributed by atoms with Crippen LogP contribution in [0.5, 0.6) is 0 Å². The largest absolute Gasteiger partial charge is 0.351 e. The predicted octanol–water partition coefficient (Wildman–Crippen LogP) is 2.63. The van der Waals surface area contributed by atoms with Crippen molar-refractivity contribution >= 4 is 40.9 Å². The lowest BCUT2D eigenvalue weighted by Gasteiger charge is -2.15. The molecule has 1 rings (SSSR count). The molecule has 5 nitrogen and oxygen atoms in total. The molecule has 0 aliphatic carbocycles. The maximum Gasteiger partial charge on any atom is 0.318 e. The van der Waals surface area contributed by atoms with Crippen molar-refractivity contribution in [1.82, 2.24) is 5.32 Å². The molecule has 0 radical (unpaired) electrons. The van der Waals surface area contributed by atoms with Crippen molar-refractivity contribution in [2.45, 2.75) is 13.8 Å². The highest BCUT2D eigenvalue weighted by Gasteiger charge is 2.12. The van der Waals surface area contributed by atoms with Gasteiger partial charge in [-0.15, -0.1) is 0 Å². The zero-order valence-electron chi connectivity index (χ0n) is 9.32. The number of carbonyl (C=O) groups excluding carboxylic acids is 1. The Morgan fingerprint density at radius 1 is 1.41 bits per heavy atom. The molecule has 0 saturated carbocycles. The molecule has 0 heterocycles. The van der Waals surface area contributed by atoms with Crippen molar-refractivity contribution in [2.24, 2.45) is 5.73 Å². The average Bonchev–Trinajstić information content (AvgIpc) is 2.20. The van der Waals surface area contributed by atoms with Crippen LogP contribution in [-0.2, 0) is 0 Å². The maximum absolute atomic E-state index is 10.6. The van der Waals surface area contributed by atoms with E-state index in [0.717, 1.165) is 5.56 Å². The second kappa shape index (κ2) is 5.25. The van der Waals surface area contributed by atoms with Gasteiger partial charge in [-0.25, -0.2) is 4.79 Å². The van der Waals surface area contributed by atoms with Crippen LogP contribution in [0.25, 0.3) is 0 Å². The average molecular weight is 275 g/mol. The van der Waals surface area contributed by atoms with Crippen molar-refractivity contribution in [1.29, 1.82) is 5.41 Å². The van der Waals surface area contributed by atoms with E-state index in [1.165, 1.54) is 0 Å². The number of hydrogen-bond donors (Lipinski definition) is 4. The fourth-order valence-electron chi connectivity index (χ4n) is 1.38. The summed E-state index contributed by atoms with van der Waals surface area (Å²) in [4.78, 5) is 10.6. The van der Waals surface area contributed by atoms with Gasteiger partial charge in [-0.05, 0) is 31.0 Å². The molecule has 0 saturated heterocycles. The first-order valence-corrected chi connectivity index (χ1v) is 5.45. The number of hydrogen-bond acceptors (Lipinski definition) is 2.